The topological polar surface area (TPSA) is 95.1 Å². The summed E-state index contributed by atoms with van der Waals surface area (Å²) in [6, 6.07) is 5.07. The highest BCUT2D eigenvalue weighted by atomic mass is 32.2. The lowest BCUT2D eigenvalue weighted by molar-refractivity contribution is -0.113. The van der Waals surface area contributed by atoms with Gasteiger partial charge >= 0.3 is 0 Å². The number of anilines is 2. The number of amides is 1. The summed E-state index contributed by atoms with van der Waals surface area (Å²) in [6.45, 7) is 0. The SMILES string of the molecule is COc1cc(N)ccc1NC(=O)CSc1ncnn1C. The lowest BCUT2D eigenvalue weighted by Gasteiger charge is -2.10. The smallest absolute Gasteiger partial charge is 0.234 e. The minimum atomic E-state index is -0.152. The van der Waals surface area contributed by atoms with Gasteiger partial charge in [0, 0.05) is 18.8 Å². The maximum atomic E-state index is 11.9. The second-order valence-corrected chi connectivity index (χ2v) is 4.91. The number of nitrogens with zero attached hydrogens (tertiary/aromatic N) is 3. The molecule has 0 fully saturated rings. The van der Waals surface area contributed by atoms with E-state index in [1.54, 1.807) is 29.9 Å². The Morgan fingerprint density at radius 2 is 2.35 bits per heavy atom. The fourth-order valence-electron chi connectivity index (χ4n) is 1.54. The number of nitrogens with one attached hydrogen (secondary N) is 1. The molecule has 3 N–H and O–H groups in total. The highest BCUT2D eigenvalue weighted by Crippen LogP contribution is 2.26. The number of methoxy groups -OCH3 is 1. The highest BCUT2D eigenvalue weighted by molar-refractivity contribution is 7.99. The summed E-state index contributed by atoms with van der Waals surface area (Å²) in [7, 11) is 3.30. The number of rotatable bonds is 5. The normalized spacial score (nSPS) is 10.3. The van der Waals surface area contributed by atoms with E-state index >= 15 is 0 Å². The number of hydrogen-bond acceptors (Lipinski definition) is 6. The van der Waals surface area contributed by atoms with Crippen LogP contribution in [0.4, 0.5) is 11.4 Å². The molecule has 7 nitrogen and oxygen atoms in total. The minimum Gasteiger partial charge on any atom is -0.494 e. The van der Waals surface area contributed by atoms with E-state index in [1.807, 2.05) is 0 Å². The zero-order valence-electron chi connectivity index (χ0n) is 11.2. The number of ether oxygens (including phenoxy) is 1. The van der Waals surface area contributed by atoms with Gasteiger partial charge in [0.05, 0.1) is 18.6 Å². The van der Waals surface area contributed by atoms with Gasteiger partial charge in [0.25, 0.3) is 0 Å². The Labute approximate surface area is 120 Å². The Morgan fingerprint density at radius 3 is 3.00 bits per heavy atom. The standard InChI is InChI=1S/C12H15N5O2S/c1-17-12(14-7-15-17)20-6-11(18)16-9-4-3-8(13)5-10(9)19-2/h3-5,7H,6,13H2,1-2H3,(H,16,18). The van der Waals surface area contributed by atoms with E-state index in [9.17, 15) is 4.79 Å². The maximum Gasteiger partial charge on any atom is 0.234 e. The number of benzene rings is 1. The van der Waals surface area contributed by atoms with Crippen molar-refractivity contribution in [1.82, 2.24) is 14.8 Å². The molecule has 0 aliphatic carbocycles. The molecule has 0 bridgehead atoms. The molecule has 1 amide bonds. The van der Waals surface area contributed by atoms with Crippen molar-refractivity contribution < 1.29 is 9.53 Å². The molecule has 0 aliphatic heterocycles. The third-order valence-corrected chi connectivity index (χ3v) is 3.54. The first-order chi connectivity index (χ1) is 9.60. The molecular weight excluding hydrogens is 278 g/mol. The fraction of sp³-hybridized carbons (Fsp3) is 0.250. The van der Waals surface area contributed by atoms with E-state index in [2.05, 4.69) is 15.4 Å². The lowest BCUT2D eigenvalue weighted by Crippen LogP contribution is -2.15. The van der Waals surface area contributed by atoms with Crippen LogP contribution in [0.15, 0.2) is 29.7 Å². The number of nitrogen functional groups attached to an aromatic ring is 1. The largest absolute Gasteiger partial charge is 0.494 e. The van der Waals surface area contributed by atoms with E-state index in [0.29, 0.717) is 22.3 Å². The first kappa shape index (κ1) is 14.2. The predicted molar refractivity (Wildman–Crippen MR) is 77.8 cm³/mol. The van der Waals surface area contributed by atoms with Crippen LogP contribution in [-0.2, 0) is 11.8 Å². The number of nitrogens with two attached hydrogens (primary N) is 1. The van der Waals surface area contributed by atoms with Crippen molar-refractivity contribution in [2.24, 2.45) is 7.05 Å². The van der Waals surface area contributed by atoms with Gasteiger partial charge in [-0.2, -0.15) is 5.10 Å². The van der Waals surface area contributed by atoms with Crippen molar-refractivity contribution in [3.63, 3.8) is 0 Å². The number of carbonyl (C=O) groups is 1. The molecule has 1 aromatic carbocycles. The van der Waals surface area contributed by atoms with Crippen molar-refractivity contribution in [2.45, 2.75) is 5.16 Å². The average Bonchev–Trinajstić information content (AvgIpc) is 2.84. The summed E-state index contributed by atoms with van der Waals surface area (Å²) in [4.78, 5) is 15.9. The van der Waals surface area contributed by atoms with Crippen LogP contribution in [-0.4, -0.2) is 33.5 Å². The van der Waals surface area contributed by atoms with Gasteiger partial charge in [0.1, 0.15) is 12.1 Å². The molecule has 2 rings (SSSR count). The molecule has 1 heterocycles. The van der Waals surface area contributed by atoms with E-state index in [1.165, 1.54) is 25.2 Å². The molecule has 0 unspecified atom stereocenters. The van der Waals surface area contributed by atoms with Crippen molar-refractivity contribution >= 4 is 29.0 Å². The molecule has 0 spiro atoms. The maximum absolute atomic E-state index is 11.9. The van der Waals surface area contributed by atoms with Crippen molar-refractivity contribution in [3.8, 4) is 5.75 Å². The molecule has 20 heavy (non-hydrogen) atoms. The van der Waals surface area contributed by atoms with Gasteiger partial charge in [-0.05, 0) is 12.1 Å². The summed E-state index contributed by atoms with van der Waals surface area (Å²) in [5.41, 5.74) is 6.82. The Bertz CT molecular complexity index is 614. The summed E-state index contributed by atoms with van der Waals surface area (Å²) in [5.74, 6) is 0.614. The second-order valence-electron chi connectivity index (χ2n) is 3.96. The number of thioether (sulfide) groups is 1. The van der Waals surface area contributed by atoms with Crippen LogP contribution in [0.3, 0.4) is 0 Å². The third-order valence-electron chi connectivity index (χ3n) is 2.50. The third kappa shape index (κ3) is 3.41. The van der Waals surface area contributed by atoms with Crippen molar-refractivity contribution in [2.75, 3.05) is 23.9 Å². The Kier molecular flexibility index (Phi) is 4.46. The van der Waals surface area contributed by atoms with Gasteiger partial charge < -0.3 is 15.8 Å². The molecular formula is C12H15N5O2S. The Hall–Kier alpha value is -2.22. The number of aromatic nitrogens is 3. The summed E-state index contributed by atoms with van der Waals surface area (Å²) >= 11 is 1.31. The Balaban J connectivity index is 1.96. The van der Waals surface area contributed by atoms with Crippen LogP contribution in [0.2, 0.25) is 0 Å². The van der Waals surface area contributed by atoms with Crippen LogP contribution in [0.25, 0.3) is 0 Å². The molecule has 1 aromatic heterocycles. The number of hydrogen-bond donors (Lipinski definition) is 2. The van der Waals surface area contributed by atoms with E-state index in [0.717, 1.165) is 0 Å². The average molecular weight is 293 g/mol. The zero-order valence-corrected chi connectivity index (χ0v) is 12.0. The van der Waals surface area contributed by atoms with E-state index in [-0.39, 0.29) is 11.7 Å². The summed E-state index contributed by atoms with van der Waals surface area (Å²) in [6.07, 6.45) is 1.45. The first-order valence-corrected chi connectivity index (χ1v) is 6.79. The van der Waals surface area contributed by atoms with Crippen molar-refractivity contribution in [3.05, 3.63) is 24.5 Å². The van der Waals surface area contributed by atoms with Gasteiger partial charge in [-0.3, -0.25) is 4.79 Å². The van der Waals surface area contributed by atoms with Crippen molar-refractivity contribution in [1.29, 1.82) is 0 Å². The van der Waals surface area contributed by atoms with Gasteiger partial charge in [-0.15, -0.1) is 0 Å². The summed E-state index contributed by atoms with van der Waals surface area (Å²) < 4.78 is 6.78. The van der Waals surface area contributed by atoms with Gasteiger partial charge in [0.15, 0.2) is 5.16 Å². The zero-order chi connectivity index (χ0) is 14.5. The van der Waals surface area contributed by atoms with E-state index < -0.39 is 0 Å². The Morgan fingerprint density at radius 1 is 1.55 bits per heavy atom. The van der Waals surface area contributed by atoms with Gasteiger partial charge in [0.2, 0.25) is 5.91 Å². The van der Waals surface area contributed by atoms with Crippen LogP contribution in [0.1, 0.15) is 0 Å². The molecule has 0 atom stereocenters. The monoisotopic (exact) mass is 293 g/mol. The molecule has 2 aromatic rings. The van der Waals surface area contributed by atoms with Crippen LogP contribution < -0.4 is 15.8 Å². The lowest BCUT2D eigenvalue weighted by atomic mass is 10.2. The molecule has 0 saturated heterocycles. The predicted octanol–water partition coefficient (Wildman–Crippen LogP) is 1.14. The molecule has 8 heteroatoms. The number of aryl methyl sites for hydroxylation is 1. The first-order valence-electron chi connectivity index (χ1n) is 5.80. The molecule has 0 aliphatic rings. The minimum absolute atomic E-state index is 0.152. The van der Waals surface area contributed by atoms with Gasteiger partial charge in [-0.25, -0.2) is 9.67 Å². The quantitative estimate of drug-likeness (QED) is 0.634. The van der Waals surface area contributed by atoms with Crippen LogP contribution >= 0.6 is 11.8 Å². The molecule has 106 valence electrons. The summed E-state index contributed by atoms with van der Waals surface area (Å²) in [5, 5.41) is 7.39. The second kappa shape index (κ2) is 6.29. The van der Waals surface area contributed by atoms with Crippen LogP contribution in [0.5, 0.6) is 5.75 Å². The molecule has 0 saturated carbocycles. The van der Waals surface area contributed by atoms with Gasteiger partial charge in [-0.1, -0.05) is 11.8 Å². The fourth-order valence-corrected chi connectivity index (χ4v) is 2.23. The molecule has 0 radical (unpaired) electrons. The van der Waals surface area contributed by atoms with E-state index in [4.69, 9.17) is 10.5 Å². The van der Waals surface area contributed by atoms with Crippen LogP contribution in [0, 0.1) is 0 Å². The highest BCUT2D eigenvalue weighted by Gasteiger charge is 2.10. The number of carbonyl (C=O) groups excluding carboxylic acids is 1.